The zero-order valence-corrected chi connectivity index (χ0v) is 10.3. The zero-order valence-electron chi connectivity index (χ0n) is 10.3. The fraction of sp³-hybridized carbons (Fsp3) is 0.308. The second kappa shape index (κ2) is 4.81. The van der Waals surface area contributed by atoms with Crippen LogP contribution in [-0.2, 0) is 17.8 Å². The first-order valence-corrected chi connectivity index (χ1v) is 6.13. The highest BCUT2D eigenvalue weighted by Gasteiger charge is 2.27. The van der Waals surface area contributed by atoms with Gasteiger partial charge < -0.3 is 10.0 Å². The van der Waals surface area contributed by atoms with Crippen molar-refractivity contribution in [2.24, 2.45) is 0 Å². The Kier molecular flexibility index (Phi) is 3.00. The molecule has 2 aromatic rings. The number of carbonyl (C=O) groups excluding carboxylic acids is 1. The number of aromatic nitrogens is 3. The van der Waals surface area contributed by atoms with Crippen LogP contribution in [0.3, 0.4) is 0 Å². The average Bonchev–Trinajstić information content (AvgIpc) is 2.94. The van der Waals surface area contributed by atoms with Gasteiger partial charge in [-0.1, -0.05) is 6.07 Å². The van der Waals surface area contributed by atoms with Gasteiger partial charge in [0.25, 0.3) is 5.91 Å². The van der Waals surface area contributed by atoms with Crippen molar-refractivity contribution < 1.29 is 9.90 Å². The lowest BCUT2D eigenvalue weighted by Gasteiger charge is -2.28. The van der Waals surface area contributed by atoms with Crippen LogP contribution in [-0.4, -0.2) is 37.6 Å². The highest BCUT2D eigenvalue weighted by molar-refractivity contribution is 5.82. The number of carbonyl (C=O) groups is 1. The molecule has 0 saturated carbocycles. The first-order chi connectivity index (χ1) is 9.25. The Morgan fingerprint density at radius 2 is 2.37 bits per heavy atom. The summed E-state index contributed by atoms with van der Waals surface area (Å²) >= 11 is 0. The van der Waals surface area contributed by atoms with Crippen molar-refractivity contribution in [2.75, 3.05) is 6.54 Å². The van der Waals surface area contributed by atoms with Gasteiger partial charge >= 0.3 is 0 Å². The van der Waals surface area contributed by atoms with Crippen molar-refractivity contribution in [3.05, 3.63) is 47.5 Å². The van der Waals surface area contributed by atoms with E-state index in [-0.39, 0.29) is 5.91 Å². The first kappa shape index (κ1) is 11.9. The summed E-state index contributed by atoms with van der Waals surface area (Å²) in [5.74, 6) is -0.292. The molecule has 2 aromatic heterocycles. The van der Waals surface area contributed by atoms with E-state index in [1.165, 1.54) is 6.20 Å². The summed E-state index contributed by atoms with van der Waals surface area (Å²) in [5, 5.41) is 17.0. The van der Waals surface area contributed by atoms with Gasteiger partial charge in [0.2, 0.25) is 0 Å². The van der Waals surface area contributed by atoms with Gasteiger partial charge in [0, 0.05) is 48.7 Å². The minimum Gasteiger partial charge on any atom is -0.378 e. The fourth-order valence-corrected chi connectivity index (χ4v) is 2.26. The molecular weight excluding hydrogens is 244 g/mol. The van der Waals surface area contributed by atoms with Gasteiger partial charge in [0.1, 0.15) is 0 Å². The second-order valence-electron chi connectivity index (χ2n) is 4.57. The Bertz CT molecular complexity index is 581. The number of fused-ring (bicyclic) bond motifs is 1. The lowest BCUT2D eigenvalue weighted by Crippen LogP contribution is -2.38. The van der Waals surface area contributed by atoms with Gasteiger partial charge in [-0.15, -0.1) is 0 Å². The normalized spacial score (nSPS) is 15.9. The molecule has 1 atom stereocenters. The molecule has 2 N–H and O–H groups in total. The minimum atomic E-state index is -1.15. The average molecular weight is 258 g/mol. The van der Waals surface area contributed by atoms with E-state index in [0.717, 1.165) is 17.7 Å². The van der Waals surface area contributed by atoms with E-state index in [1.807, 2.05) is 0 Å². The molecule has 1 aliphatic rings. The monoisotopic (exact) mass is 258 g/mol. The zero-order chi connectivity index (χ0) is 13.2. The van der Waals surface area contributed by atoms with Crippen LogP contribution in [0.5, 0.6) is 0 Å². The molecular formula is C13H14N4O2. The van der Waals surface area contributed by atoms with Crippen molar-refractivity contribution in [1.82, 2.24) is 20.1 Å². The van der Waals surface area contributed by atoms with E-state index in [1.54, 1.807) is 29.4 Å². The third-order valence-corrected chi connectivity index (χ3v) is 3.35. The Labute approximate surface area is 110 Å². The molecule has 0 spiro atoms. The van der Waals surface area contributed by atoms with Gasteiger partial charge in [-0.2, -0.15) is 5.10 Å². The molecule has 1 amide bonds. The topological polar surface area (TPSA) is 82.1 Å². The van der Waals surface area contributed by atoms with E-state index in [2.05, 4.69) is 15.2 Å². The molecule has 1 unspecified atom stereocenters. The largest absolute Gasteiger partial charge is 0.378 e. The van der Waals surface area contributed by atoms with Crippen molar-refractivity contribution in [3.63, 3.8) is 0 Å². The van der Waals surface area contributed by atoms with Crippen molar-refractivity contribution in [1.29, 1.82) is 0 Å². The number of aliphatic hydroxyl groups excluding tert-OH is 1. The molecule has 0 radical (unpaired) electrons. The van der Waals surface area contributed by atoms with Crippen LogP contribution in [0.2, 0.25) is 0 Å². The molecule has 0 fully saturated rings. The molecule has 6 nitrogen and oxygen atoms in total. The minimum absolute atomic E-state index is 0.292. The number of hydrogen-bond acceptors (Lipinski definition) is 4. The van der Waals surface area contributed by atoms with E-state index in [4.69, 9.17) is 0 Å². The number of nitrogens with zero attached hydrogens (tertiary/aromatic N) is 3. The summed E-state index contributed by atoms with van der Waals surface area (Å²) in [6.45, 7) is 1.08. The summed E-state index contributed by atoms with van der Waals surface area (Å²) in [7, 11) is 0. The lowest BCUT2D eigenvalue weighted by molar-refractivity contribution is -0.141. The number of aliphatic hydroxyl groups is 1. The van der Waals surface area contributed by atoms with Crippen molar-refractivity contribution in [3.8, 4) is 0 Å². The van der Waals surface area contributed by atoms with Gasteiger partial charge in [-0.05, 0) is 6.07 Å². The molecule has 0 aromatic carbocycles. The maximum atomic E-state index is 12.2. The number of hydrogen-bond donors (Lipinski definition) is 2. The third-order valence-electron chi connectivity index (χ3n) is 3.35. The van der Waals surface area contributed by atoms with Gasteiger partial charge in [-0.3, -0.25) is 14.9 Å². The predicted octanol–water partition coefficient (Wildman–Crippen LogP) is 0.423. The van der Waals surface area contributed by atoms with Gasteiger partial charge in [0.15, 0.2) is 6.10 Å². The molecule has 98 valence electrons. The summed E-state index contributed by atoms with van der Waals surface area (Å²) < 4.78 is 0. The molecule has 6 heteroatoms. The van der Waals surface area contributed by atoms with Crippen molar-refractivity contribution in [2.45, 2.75) is 19.1 Å². The van der Waals surface area contributed by atoms with Crippen LogP contribution in [0.1, 0.15) is 22.9 Å². The first-order valence-electron chi connectivity index (χ1n) is 6.13. The highest BCUT2D eigenvalue weighted by atomic mass is 16.3. The van der Waals surface area contributed by atoms with Gasteiger partial charge in [-0.25, -0.2) is 0 Å². The predicted molar refractivity (Wildman–Crippen MR) is 66.9 cm³/mol. The van der Waals surface area contributed by atoms with Crippen LogP contribution in [0.15, 0.2) is 30.7 Å². The maximum Gasteiger partial charge on any atom is 0.256 e. The van der Waals surface area contributed by atoms with E-state index in [9.17, 15) is 9.90 Å². The number of amides is 1. The summed E-state index contributed by atoms with van der Waals surface area (Å²) in [6.07, 6.45) is 4.43. The molecule has 3 rings (SSSR count). The molecule has 0 bridgehead atoms. The van der Waals surface area contributed by atoms with Crippen LogP contribution in [0.4, 0.5) is 0 Å². The number of nitrogens with one attached hydrogen (secondary N) is 1. The number of pyridine rings is 1. The van der Waals surface area contributed by atoms with E-state index >= 15 is 0 Å². The SMILES string of the molecule is O=C(C(O)c1cccnc1)N1CCc2[nH]ncc2C1. The lowest BCUT2D eigenvalue weighted by atomic mass is 10.1. The van der Waals surface area contributed by atoms with Crippen LogP contribution < -0.4 is 0 Å². The summed E-state index contributed by atoms with van der Waals surface area (Å²) in [5.41, 5.74) is 2.60. The van der Waals surface area contributed by atoms with E-state index in [0.29, 0.717) is 18.7 Å². The van der Waals surface area contributed by atoms with E-state index < -0.39 is 6.10 Å². The highest BCUT2D eigenvalue weighted by Crippen LogP contribution is 2.21. The Hall–Kier alpha value is -2.21. The van der Waals surface area contributed by atoms with Crippen LogP contribution >= 0.6 is 0 Å². The molecule has 0 saturated heterocycles. The smallest absolute Gasteiger partial charge is 0.256 e. The molecule has 1 aliphatic heterocycles. The number of H-pyrrole nitrogens is 1. The van der Waals surface area contributed by atoms with Crippen LogP contribution in [0.25, 0.3) is 0 Å². The summed E-state index contributed by atoms with van der Waals surface area (Å²) in [4.78, 5) is 17.8. The maximum absolute atomic E-state index is 12.2. The molecule has 0 aliphatic carbocycles. The number of rotatable bonds is 2. The van der Waals surface area contributed by atoms with Crippen molar-refractivity contribution >= 4 is 5.91 Å². The Morgan fingerprint density at radius 3 is 3.16 bits per heavy atom. The third kappa shape index (κ3) is 2.22. The number of aromatic amines is 1. The Morgan fingerprint density at radius 1 is 1.47 bits per heavy atom. The van der Waals surface area contributed by atoms with Crippen LogP contribution in [0, 0.1) is 0 Å². The quantitative estimate of drug-likeness (QED) is 0.818. The summed E-state index contributed by atoms with van der Waals surface area (Å²) in [6, 6.07) is 3.40. The Balaban J connectivity index is 1.75. The molecule has 19 heavy (non-hydrogen) atoms. The standard InChI is InChI=1S/C13H14N4O2/c18-12(9-2-1-4-14-6-9)13(19)17-5-3-11-10(8-17)7-15-16-11/h1-2,4,6-7,12,18H,3,5,8H2,(H,15,16). The second-order valence-corrected chi connectivity index (χ2v) is 4.57. The fourth-order valence-electron chi connectivity index (χ4n) is 2.26. The molecule has 3 heterocycles. The van der Waals surface area contributed by atoms with Gasteiger partial charge in [0.05, 0.1) is 6.20 Å².